The Kier molecular flexibility index (Phi) is 6.49. The summed E-state index contributed by atoms with van der Waals surface area (Å²) in [6, 6.07) is 13.5. The van der Waals surface area contributed by atoms with Crippen molar-refractivity contribution in [1.29, 1.82) is 0 Å². The van der Waals surface area contributed by atoms with Gasteiger partial charge in [0, 0.05) is 31.2 Å². The minimum atomic E-state index is -3.52. The molecule has 1 aliphatic carbocycles. The topological polar surface area (TPSA) is 57.7 Å². The highest BCUT2D eigenvalue weighted by atomic mass is 32.2. The Morgan fingerprint density at radius 1 is 1.03 bits per heavy atom. The second-order valence-electron chi connectivity index (χ2n) is 8.68. The van der Waals surface area contributed by atoms with Crippen molar-refractivity contribution < 1.29 is 13.2 Å². The average Bonchev–Trinajstić information content (AvgIpc) is 2.80. The van der Waals surface area contributed by atoms with E-state index in [0.29, 0.717) is 37.4 Å². The van der Waals surface area contributed by atoms with Gasteiger partial charge >= 0.3 is 0 Å². The molecule has 166 valence electrons. The third-order valence-corrected chi connectivity index (χ3v) is 8.64. The van der Waals surface area contributed by atoms with Crippen molar-refractivity contribution >= 4 is 21.6 Å². The minimum Gasteiger partial charge on any atom is -0.312 e. The molecule has 0 unspecified atom stereocenters. The zero-order valence-electron chi connectivity index (χ0n) is 18.5. The lowest BCUT2D eigenvalue weighted by molar-refractivity contribution is -0.123. The van der Waals surface area contributed by atoms with Crippen molar-refractivity contribution in [2.75, 3.05) is 24.5 Å². The van der Waals surface area contributed by atoms with Crippen LogP contribution in [0.25, 0.3) is 0 Å². The molecule has 0 radical (unpaired) electrons. The summed E-state index contributed by atoms with van der Waals surface area (Å²) in [4.78, 5) is 15.5. The van der Waals surface area contributed by atoms with E-state index in [2.05, 4.69) is 0 Å². The van der Waals surface area contributed by atoms with E-state index in [4.69, 9.17) is 0 Å². The molecule has 0 aromatic heterocycles. The van der Waals surface area contributed by atoms with E-state index in [0.717, 1.165) is 30.5 Å². The summed E-state index contributed by atoms with van der Waals surface area (Å²) in [6.07, 6.45) is 5.42. The molecule has 0 atom stereocenters. The van der Waals surface area contributed by atoms with E-state index in [1.807, 2.05) is 55.1 Å². The lowest BCUT2D eigenvalue weighted by Gasteiger charge is -2.34. The standard InChI is InChI=1S/C25H32N2O3S/c1-3-27(24-11-7-4-8-19(24)2)25(28)21-14-16-26(17-15-21)31(29,30)23-13-12-20-9-5-6-10-22(20)18-23/h4,7-8,11-13,18,21H,3,5-6,9-10,14-17H2,1-2H3. The molecule has 2 aromatic carbocycles. The largest absolute Gasteiger partial charge is 0.312 e. The van der Waals surface area contributed by atoms with E-state index in [9.17, 15) is 13.2 Å². The van der Waals surface area contributed by atoms with Crippen LogP contribution in [-0.4, -0.2) is 38.3 Å². The molecule has 2 aliphatic rings. The van der Waals surface area contributed by atoms with Gasteiger partial charge in [0.1, 0.15) is 0 Å². The number of nitrogens with zero attached hydrogens (tertiary/aromatic N) is 2. The van der Waals surface area contributed by atoms with Crippen LogP contribution in [-0.2, 0) is 27.7 Å². The quantitative estimate of drug-likeness (QED) is 0.695. The van der Waals surface area contributed by atoms with Crippen LogP contribution in [0, 0.1) is 12.8 Å². The first-order chi connectivity index (χ1) is 14.9. The maximum absolute atomic E-state index is 13.2. The lowest BCUT2D eigenvalue weighted by Crippen LogP contribution is -2.44. The zero-order valence-corrected chi connectivity index (χ0v) is 19.3. The summed E-state index contributed by atoms with van der Waals surface area (Å²) in [5.74, 6) is -0.0443. The van der Waals surface area contributed by atoms with Gasteiger partial charge in [0.05, 0.1) is 4.90 Å². The first-order valence-corrected chi connectivity index (χ1v) is 12.8. The van der Waals surface area contributed by atoms with Crippen molar-refractivity contribution in [3.05, 3.63) is 59.2 Å². The van der Waals surface area contributed by atoms with E-state index < -0.39 is 10.0 Å². The number of anilines is 1. The van der Waals surface area contributed by atoms with E-state index in [1.54, 1.807) is 10.4 Å². The number of para-hydroxylation sites is 1. The highest BCUT2D eigenvalue weighted by molar-refractivity contribution is 7.89. The van der Waals surface area contributed by atoms with Gasteiger partial charge in [-0.1, -0.05) is 24.3 Å². The molecule has 1 amide bonds. The van der Waals surface area contributed by atoms with Crippen LogP contribution in [0.5, 0.6) is 0 Å². The smallest absolute Gasteiger partial charge is 0.243 e. The van der Waals surface area contributed by atoms with Crippen LogP contribution in [0.1, 0.15) is 49.3 Å². The van der Waals surface area contributed by atoms with Gasteiger partial charge in [-0.05, 0) is 87.3 Å². The summed E-state index contributed by atoms with van der Waals surface area (Å²) in [6.45, 7) is 5.39. The monoisotopic (exact) mass is 440 g/mol. The summed E-state index contributed by atoms with van der Waals surface area (Å²) < 4.78 is 28.0. The van der Waals surface area contributed by atoms with Crippen LogP contribution in [0.3, 0.4) is 0 Å². The minimum absolute atomic E-state index is 0.0997. The van der Waals surface area contributed by atoms with Crippen molar-refractivity contribution in [2.45, 2.75) is 57.3 Å². The zero-order chi connectivity index (χ0) is 22.0. The normalized spacial score (nSPS) is 17.9. The Morgan fingerprint density at radius 2 is 1.71 bits per heavy atom. The van der Waals surface area contributed by atoms with Gasteiger partial charge in [0.15, 0.2) is 0 Å². The third kappa shape index (κ3) is 4.41. The van der Waals surface area contributed by atoms with Crippen LogP contribution in [0.15, 0.2) is 47.4 Å². The number of hydrogen-bond acceptors (Lipinski definition) is 3. The number of sulfonamides is 1. The summed E-state index contributed by atoms with van der Waals surface area (Å²) in [5, 5.41) is 0. The second-order valence-corrected chi connectivity index (χ2v) is 10.6. The van der Waals surface area contributed by atoms with Crippen LogP contribution in [0.4, 0.5) is 5.69 Å². The number of rotatable bonds is 5. The van der Waals surface area contributed by atoms with Gasteiger partial charge in [-0.15, -0.1) is 0 Å². The SMILES string of the molecule is CCN(C(=O)C1CCN(S(=O)(=O)c2ccc3c(c2)CCCC3)CC1)c1ccccc1C. The van der Waals surface area contributed by atoms with Gasteiger partial charge < -0.3 is 4.90 Å². The van der Waals surface area contributed by atoms with E-state index in [1.165, 1.54) is 17.5 Å². The van der Waals surface area contributed by atoms with Gasteiger partial charge in [0.2, 0.25) is 15.9 Å². The number of hydrogen-bond donors (Lipinski definition) is 0. The van der Waals surface area contributed by atoms with Crippen molar-refractivity contribution in [3.8, 4) is 0 Å². The fourth-order valence-corrected chi connectivity index (χ4v) is 6.41. The molecule has 6 heteroatoms. The fraction of sp³-hybridized carbons (Fsp3) is 0.480. The molecule has 0 spiro atoms. The molecule has 0 saturated carbocycles. The maximum Gasteiger partial charge on any atom is 0.243 e. The Hall–Kier alpha value is -2.18. The predicted octanol–water partition coefficient (Wildman–Crippen LogP) is 4.33. The molecule has 1 heterocycles. The van der Waals surface area contributed by atoms with Gasteiger partial charge in [-0.3, -0.25) is 4.79 Å². The number of fused-ring (bicyclic) bond motifs is 1. The van der Waals surface area contributed by atoms with Crippen molar-refractivity contribution in [2.24, 2.45) is 5.92 Å². The molecular formula is C25H32N2O3S. The first kappa shape index (κ1) is 22.0. The number of benzene rings is 2. The molecule has 0 N–H and O–H groups in total. The van der Waals surface area contributed by atoms with E-state index >= 15 is 0 Å². The Balaban J connectivity index is 1.45. The summed E-state index contributed by atoms with van der Waals surface area (Å²) >= 11 is 0. The highest BCUT2D eigenvalue weighted by Crippen LogP contribution is 2.30. The second kappa shape index (κ2) is 9.13. The molecule has 31 heavy (non-hydrogen) atoms. The number of amides is 1. The number of piperidine rings is 1. The number of carbonyl (C=O) groups is 1. The van der Waals surface area contributed by atoms with Gasteiger partial charge in [-0.25, -0.2) is 8.42 Å². The van der Waals surface area contributed by atoms with Gasteiger partial charge in [-0.2, -0.15) is 4.31 Å². The number of carbonyl (C=O) groups excluding carboxylic acids is 1. The van der Waals surface area contributed by atoms with Crippen molar-refractivity contribution in [1.82, 2.24) is 4.31 Å². The molecule has 4 rings (SSSR count). The molecule has 0 bridgehead atoms. The van der Waals surface area contributed by atoms with Gasteiger partial charge in [0.25, 0.3) is 0 Å². The first-order valence-electron chi connectivity index (χ1n) is 11.4. The molecule has 1 aliphatic heterocycles. The Morgan fingerprint density at radius 3 is 2.39 bits per heavy atom. The molecule has 5 nitrogen and oxygen atoms in total. The summed E-state index contributed by atoms with van der Waals surface area (Å²) in [5.41, 5.74) is 4.48. The van der Waals surface area contributed by atoms with Crippen LogP contribution < -0.4 is 4.90 Å². The maximum atomic E-state index is 13.2. The molecule has 1 fully saturated rings. The average molecular weight is 441 g/mol. The Bertz CT molecular complexity index is 1060. The van der Waals surface area contributed by atoms with E-state index in [-0.39, 0.29) is 11.8 Å². The number of aryl methyl sites for hydroxylation is 3. The summed E-state index contributed by atoms with van der Waals surface area (Å²) in [7, 11) is -3.52. The predicted molar refractivity (Wildman–Crippen MR) is 124 cm³/mol. The highest BCUT2D eigenvalue weighted by Gasteiger charge is 2.34. The molecular weight excluding hydrogens is 408 g/mol. The van der Waals surface area contributed by atoms with Crippen LogP contribution in [0.2, 0.25) is 0 Å². The Labute approximate surface area is 186 Å². The fourth-order valence-electron chi connectivity index (χ4n) is 4.89. The molecule has 1 saturated heterocycles. The molecule has 2 aromatic rings. The van der Waals surface area contributed by atoms with Crippen molar-refractivity contribution in [3.63, 3.8) is 0 Å². The third-order valence-electron chi connectivity index (χ3n) is 6.75. The lowest BCUT2D eigenvalue weighted by atomic mass is 9.92. The van der Waals surface area contributed by atoms with Crippen LogP contribution >= 0.6 is 0 Å².